The molecule has 1 aromatic heterocycles. The number of ether oxygens (including phenoxy) is 1. The van der Waals surface area contributed by atoms with Gasteiger partial charge in [0.25, 0.3) is 0 Å². The van der Waals surface area contributed by atoms with Crippen molar-refractivity contribution in [2.45, 2.75) is 0 Å². The van der Waals surface area contributed by atoms with Gasteiger partial charge < -0.3 is 10.1 Å². The molecular weight excluding hydrogens is 342 g/mol. The van der Waals surface area contributed by atoms with Gasteiger partial charge in [-0.1, -0.05) is 23.7 Å². The summed E-state index contributed by atoms with van der Waals surface area (Å²) in [6.07, 6.45) is 0. The number of thiazole rings is 1. The third kappa shape index (κ3) is 3.97. The Hall–Kier alpha value is -2.18. The molecule has 0 saturated heterocycles. The van der Waals surface area contributed by atoms with Crippen molar-refractivity contribution in [2.75, 3.05) is 12.0 Å². The van der Waals surface area contributed by atoms with Crippen molar-refractivity contribution in [2.24, 2.45) is 0 Å². The second-order valence-corrected chi connectivity index (χ2v) is 5.88. The number of aromatic nitrogens is 1. The Morgan fingerprint density at radius 1 is 1.13 bits per heavy atom. The lowest BCUT2D eigenvalue weighted by Crippen LogP contribution is -2.09. The number of nitrogens with one attached hydrogen (secondary N) is 1. The fourth-order valence-electron chi connectivity index (χ4n) is 1.87. The summed E-state index contributed by atoms with van der Waals surface area (Å²) in [5.74, 6) is -1.32. The molecule has 0 spiro atoms. The summed E-state index contributed by atoms with van der Waals surface area (Å²) in [7, 11) is 0. The van der Waals surface area contributed by atoms with Gasteiger partial charge in [0, 0.05) is 22.0 Å². The van der Waals surface area contributed by atoms with Gasteiger partial charge in [0.1, 0.15) is 5.82 Å². The minimum absolute atomic E-state index is 0.0199. The number of halogens is 3. The number of anilines is 1. The van der Waals surface area contributed by atoms with Crippen LogP contribution in [0.1, 0.15) is 0 Å². The second kappa shape index (κ2) is 6.93. The first kappa shape index (κ1) is 15.7. The van der Waals surface area contributed by atoms with E-state index in [0.29, 0.717) is 10.2 Å². The highest BCUT2D eigenvalue weighted by molar-refractivity contribution is 7.14. The topological polar surface area (TPSA) is 34.1 Å². The molecule has 0 saturated carbocycles. The molecule has 0 atom stereocenters. The van der Waals surface area contributed by atoms with Crippen LogP contribution < -0.4 is 10.1 Å². The molecule has 3 aromatic rings. The summed E-state index contributed by atoms with van der Waals surface area (Å²) in [4.78, 5) is 4.40. The van der Waals surface area contributed by atoms with Crippen LogP contribution in [0.4, 0.5) is 13.9 Å². The first-order valence-corrected chi connectivity index (χ1v) is 7.91. The summed E-state index contributed by atoms with van der Waals surface area (Å²) < 4.78 is 31.6. The molecule has 0 aliphatic heterocycles. The number of hydrogen-bond donors (Lipinski definition) is 1. The lowest BCUT2D eigenvalue weighted by molar-refractivity contribution is 0.325. The van der Waals surface area contributed by atoms with Gasteiger partial charge in [0.15, 0.2) is 23.4 Å². The molecule has 7 heteroatoms. The van der Waals surface area contributed by atoms with E-state index in [9.17, 15) is 8.78 Å². The van der Waals surface area contributed by atoms with Gasteiger partial charge in [-0.15, -0.1) is 11.3 Å². The highest BCUT2D eigenvalue weighted by Crippen LogP contribution is 2.26. The van der Waals surface area contributed by atoms with E-state index >= 15 is 0 Å². The van der Waals surface area contributed by atoms with E-state index in [1.54, 1.807) is 12.1 Å². The number of rotatable bonds is 5. The van der Waals surface area contributed by atoms with E-state index in [4.69, 9.17) is 16.3 Å². The standard InChI is InChI=1S/C16H11ClF2N2OS/c17-11-3-1-10(2-4-11)14-8-23-16(21-14)20-9-22-15-7-12(18)5-6-13(15)19/h1-8H,9H2,(H,20,21). The number of benzene rings is 2. The molecule has 3 nitrogen and oxygen atoms in total. The van der Waals surface area contributed by atoms with Crippen molar-refractivity contribution in [1.82, 2.24) is 4.98 Å². The second-order valence-electron chi connectivity index (χ2n) is 4.58. The van der Waals surface area contributed by atoms with E-state index in [1.807, 2.05) is 17.5 Å². The summed E-state index contributed by atoms with van der Waals surface area (Å²) in [5, 5.41) is 6.07. The van der Waals surface area contributed by atoms with Crippen LogP contribution in [0.15, 0.2) is 47.8 Å². The van der Waals surface area contributed by atoms with Gasteiger partial charge in [-0.25, -0.2) is 13.8 Å². The predicted molar refractivity (Wildman–Crippen MR) is 88.0 cm³/mol. The SMILES string of the molecule is Fc1ccc(F)c(OCNc2nc(-c3ccc(Cl)cc3)cs2)c1. The molecule has 0 amide bonds. The zero-order chi connectivity index (χ0) is 16.2. The Kier molecular flexibility index (Phi) is 4.73. The number of nitrogens with zero attached hydrogens (tertiary/aromatic N) is 1. The van der Waals surface area contributed by atoms with Gasteiger partial charge >= 0.3 is 0 Å². The highest BCUT2D eigenvalue weighted by atomic mass is 35.5. The molecule has 2 aromatic carbocycles. The third-order valence-electron chi connectivity index (χ3n) is 2.99. The van der Waals surface area contributed by atoms with Gasteiger partial charge in [0.2, 0.25) is 0 Å². The Bertz CT molecular complexity index is 808. The Morgan fingerprint density at radius 2 is 1.91 bits per heavy atom. The molecule has 0 fully saturated rings. The molecule has 1 N–H and O–H groups in total. The summed E-state index contributed by atoms with van der Waals surface area (Å²) in [6.45, 7) is -0.0199. The predicted octanol–water partition coefficient (Wildman–Crippen LogP) is 5.19. The normalized spacial score (nSPS) is 10.6. The maximum absolute atomic E-state index is 13.4. The Balaban J connectivity index is 1.61. The highest BCUT2D eigenvalue weighted by Gasteiger charge is 2.07. The van der Waals surface area contributed by atoms with Gasteiger partial charge in [-0.3, -0.25) is 0 Å². The van der Waals surface area contributed by atoms with Crippen molar-refractivity contribution in [3.05, 3.63) is 64.5 Å². The zero-order valence-corrected chi connectivity index (χ0v) is 13.3. The fourth-order valence-corrected chi connectivity index (χ4v) is 2.70. The maximum Gasteiger partial charge on any atom is 0.185 e. The summed E-state index contributed by atoms with van der Waals surface area (Å²) in [5.41, 5.74) is 1.74. The van der Waals surface area contributed by atoms with Crippen LogP contribution in [0.2, 0.25) is 5.02 Å². The zero-order valence-electron chi connectivity index (χ0n) is 11.7. The fraction of sp³-hybridized carbons (Fsp3) is 0.0625. The summed E-state index contributed by atoms with van der Waals surface area (Å²) in [6, 6.07) is 10.4. The molecule has 3 rings (SSSR count). The van der Waals surface area contributed by atoms with Crippen LogP contribution in [0.3, 0.4) is 0 Å². The van der Waals surface area contributed by atoms with E-state index in [0.717, 1.165) is 29.5 Å². The minimum Gasteiger partial charge on any atom is -0.470 e. The van der Waals surface area contributed by atoms with Crippen molar-refractivity contribution in [1.29, 1.82) is 0 Å². The van der Waals surface area contributed by atoms with E-state index in [-0.39, 0.29) is 12.5 Å². The lowest BCUT2D eigenvalue weighted by atomic mass is 10.2. The molecule has 1 heterocycles. The van der Waals surface area contributed by atoms with Crippen LogP contribution in [-0.4, -0.2) is 11.7 Å². The third-order valence-corrected chi connectivity index (χ3v) is 4.04. The van der Waals surface area contributed by atoms with Crippen LogP contribution >= 0.6 is 22.9 Å². The van der Waals surface area contributed by atoms with Gasteiger partial charge in [-0.2, -0.15) is 0 Å². The van der Waals surface area contributed by atoms with Gasteiger partial charge in [0.05, 0.1) is 5.69 Å². The van der Waals surface area contributed by atoms with Crippen LogP contribution in [0, 0.1) is 11.6 Å². The molecule has 0 bridgehead atoms. The number of hydrogen-bond acceptors (Lipinski definition) is 4. The van der Waals surface area contributed by atoms with Crippen LogP contribution in [0.25, 0.3) is 11.3 Å². The van der Waals surface area contributed by atoms with E-state index in [2.05, 4.69) is 10.3 Å². The average molecular weight is 353 g/mol. The summed E-state index contributed by atoms with van der Waals surface area (Å²) >= 11 is 7.24. The molecule has 0 radical (unpaired) electrons. The van der Waals surface area contributed by atoms with Gasteiger partial charge in [-0.05, 0) is 24.3 Å². The lowest BCUT2D eigenvalue weighted by Gasteiger charge is -2.07. The molecule has 0 aliphatic carbocycles. The first-order chi connectivity index (χ1) is 11.1. The monoisotopic (exact) mass is 352 g/mol. The molecule has 0 aliphatic rings. The maximum atomic E-state index is 13.4. The van der Waals surface area contributed by atoms with E-state index < -0.39 is 11.6 Å². The Labute approximate surface area is 140 Å². The Morgan fingerprint density at radius 3 is 2.70 bits per heavy atom. The van der Waals surface area contributed by atoms with Crippen LogP contribution in [0.5, 0.6) is 5.75 Å². The van der Waals surface area contributed by atoms with Crippen LogP contribution in [-0.2, 0) is 0 Å². The molecular formula is C16H11ClF2N2OS. The van der Waals surface area contributed by atoms with Crippen molar-refractivity contribution >= 4 is 28.1 Å². The van der Waals surface area contributed by atoms with Crippen molar-refractivity contribution in [3.63, 3.8) is 0 Å². The van der Waals surface area contributed by atoms with Crippen molar-refractivity contribution in [3.8, 4) is 17.0 Å². The smallest absolute Gasteiger partial charge is 0.185 e. The molecule has 23 heavy (non-hydrogen) atoms. The molecule has 118 valence electrons. The quantitative estimate of drug-likeness (QED) is 0.641. The average Bonchev–Trinajstić information content (AvgIpc) is 3.00. The molecule has 0 unspecified atom stereocenters. The first-order valence-electron chi connectivity index (χ1n) is 6.65. The minimum atomic E-state index is -0.616. The van der Waals surface area contributed by atoms with Crippen molar-refractivity contribution < 1.29 is 13.5 Å². The van der Waals surface area contributed by atoms with E-state index in [1.165, 1.54) is 11.3 Å². The largest absolute Gasteiger partial charge is 0.470 e.